The van der Waals surface area contributed by atoms with Gasteiger partial charge in [0.05, 0.1) is 11.5 Å². The summed E-state index contributed by atoms with van der Waals surface area (Å²) in [5.74, 6) is 0. The van der Waals surface area contributed by atoms with Crippen LogP contribution in [-0.4, -0.2) is 20.6 Å². The van der Waals surface area contributed by atoms with Crippen LogP contribution in [0, 0.1) is 11.3 Å². The maximum Gasteiger partial charge on any atom is 0.333 e. The van der Waals surface area contributed by atoms with Crippen molar-refractivity contribution in [1.82, 2.24) is 14.0 Å². The molecule has 1 aliphatic heterocycles. The first-order chi connectivity index (χ1) is 13.1. The van der Waals surface area contributed by atoms with Gasteiger partial charge in [-0.15, -0.1) is 11.3 Å². The van der Waals surface area contributed by atoms with Gasteiger partial charge in [-0.1, -0.05) is 30.3 Å². The maximum atomic E-state index is 12.9. The molecule has 0 N–H and O–H groups in total. The summed E-state index contributed by atoms with van der Waals surface area (Å²) >= 11 is 1.48. The second-order valence-electron chi connectivity index (χ2n) is 6.71. The number of fused-ring (bicyclic) bond motifs is 3. The monoisotopic (exact) mass is 380 g/mol. The Morgan fingerprint density at radius 1 is 1.19 bits per heavy atom. The molecule has 0 saturated carbocycles. The fraction of sp³-hybridized carbons (Fsp3) is 0.350. The van der Waals surface area contributed by atoms with Gasteiger partial charge in [0.2, 0.25) is 0 Å². The van der Waals surface area contributed by atoms with Gasteiger partial charge in [0.25, 0.3) is 5.56 Å². The predicted octanol–water partition coefficient (Wildman–Crippen LogP) is 2.33. The van der Waals surface area contributed by atoms with E-state index in [2.05, 4.69) is 23.1 Å². The van der Waals surface area contributed by atoms with Gasteiger partial charge >= 0.3 is 5.69 Å². The number of hydrogen-bond acceptors (Lipinski definition) is 5. The van der Waals surface area contributed by atoms with E-state index < -0.39 is 5.69 Å². The van der Waals surface area contributed by atoms with Gasteiger partial charge in [0.15, 0.2) is 0 Å². The van der Waals surface area contributed by atoms with Crippen molar-refractivity contribution in [3.05, 3.63) is 67.2 Å². The molecule has 1 aromatic carbocycles. The largest absolute Gasteiger partial charge is 0.333 e. The number of thiophene rings is 1. The van der Waals surface area contributed by atoms with Crippen LogP contribution in [0.15, 0.2) is 39.9 Å². The van der Waals surface area contributed by atoms with Crippen LogP contribution < -0.4 is 11.2 Å². The summed E-state index contributed by atoms with van der Waals surface area (Å²) in [5, 5.41) is 9.78. The molecular weight excluding hydrogens is 360 g/mol. The smallest absolute Gasteiger partial charge is 0.294 e. The van der Waals surface area contributed by atoms with Crippen molar-refractivity contribution in [3.63, 3.8) is 0 Å². The molecule has 0 saturated heterocycles. The number of benzene rings is 1. The summed E-state index contributed by atoms with van der Waals surface area (Å²) in [7, 11) is 0. The topological polar surface area (TPSA) is 71.0 Å². The zero-order chi connectivity index (χ0) is 19.0. The van der Waals surface area contributed by atoms with Crippen LogP contribution in [0.4, 0.5) is 0 Å². The normalized spacial score (nSPS) is 14.2. The van der Waals surface area contributed by atoms with Crippen LogP contribution in [0.1, 0.15) is 22.9 Å². The van der Waals surface area contributed by atoms with E-state index in [-0.39, 0.29) is 12.1 Å². The lowest BCUT2D eigenvalue weighted by Crippen LogP contribution is -2.39. The highest BCUT2D eigenvalue weighted by Crippen LogP contribution is 2.33. The number of nitrogens with zero attached hydrogens (tertiary/aromatic N) is 4. The first-order valence-corrected chi connectivity index (χ1v) is 9.86. The molecule has 0 unspecified atom stereocenters. The van der Waals surface area contributed by atoms with E-state index in [1.54, 1.807) is 6.92 Å². The summed E-state index contributed by atoms with van der Waals surface area (Å²) in [6.07, 6.45) is 0.784. The molecule has 3 heterocycles. The SMILES string of the molecule is CCn1c(=O)c2c3c(sc2n(CC#N)c1=O)CN(Cc1ccccc1)CC3. The first kappa shape index (κ1) is 17.7. The fourth-order valence-electron chi connectivity index (χ4n) is 3.77. The van der Waals surface area contributed by atoms with Crippen LogP contribution >= 0.6 is 11.3 Å². The highest BCUT2D eigenvalue weighted by Gasteiger charge is 2.26. The van der Waals surface area contributed by atoms with Gasteiger partial charge in [0, 0.05) is 31.1 Å². The molecule has 3 aromatic rings. The third kappa shape index (κ3) is 3.01. The van der Waals surface area contributed by atoms with Crippen molar-refractivity contribution in [1.29, 1.82) is 5.26 Å². The molecular formula is C20H20N4O2S. The Labute approximate surface area is 160 Å². The fourth-order valence-corrected chi connectivity index (χ4v) is 5.15. The van der Waals surface area contributed by atoms with E-state index in [0.29, 0.717) is 16.8 Å². The molecule has 0 aliphatic carbocycles. The molecule has 0 fully saturated rings. The highest BCUT2D eigenvalue weighted by molar-refractivity contribution is 7.18. The summed E-state index contributed by atoms with van der Waals surface area (Å²) in [6.45, 7) is 4.55. The Hall–Kier alpha value is -2.69. The second-order valence-corrected chi connectivity index (χ2v) is 7.79. The third-order valence-corrected chi connectivity index (χ3v) is 6.32. The van der Waals surface area contributed by atoms with Gasteiger partial charge in [-0.2, -0.15) is 5.26 Å². The predicted molar refractivity (Wildman–Crippen MR) is 106 cm³/mol. The van der Waals surface area contributed by atoms with Gasteiger partial charge in [-0.05, 0) is 24.5 Å². The van der Waals surface area contributed by atoms with Gasteiger partial charge < -0.3 is 0 Å². The molecule has 0 bridgehead atoms. The Morgan fingerprint density at radius 3 is 2.67 bits per heavy atom. The van der Waals surface area contributed by atoms with Crippen molar-refractivity contribution in [2.24, 2.45) is 0 Å². The average Bonchev–Trinajstić information content (AvgIpc) is 3.05. The standard InChI is InChI=1S/C20H20N4O2S/c1-2-23-18(25)17-15-8-10-22(12-14-6-4-3-5-7-14)13-16(15)27-19(17)24(11-9-21)20(23)26/h3-7H,2,8,10-13H2,1H3. The van der Waals surface area contributed by atoms with Crippen molar-refractivity contribution < 1.29 is 0 Å². The van der Waals surface area contributed by atoms with Crippen LogP contribution in [0.2, 0.25) is 0 Å². The number of hydrogen-bond donors (Lipinski definition) is 0. The van der Waals surface area contributed by atoms with Crippen molar-refractivity contribution in [3.8, 4) is 6.07 Å². The minimum absolute atomic E-state index is 0.0390. The molecule has 0 radical (unpaired) electrons. The van der Waals surface area contributed by atoms with Crippen LogP contribution in [0.25, 0.3) is 10.2 Å². The number of nitriles is 1. The molecule has 2 aromatic heterocycles. The maximum absolute atomic E-state index is 12.9. The van der Waals surface area contributed by atoms with E-state index in [1.165, 1.54) is 26.0 Å². The van der Waals surface area contributed by atoms with Crippen LogP contribution in [-0.2, 0) is 32.6 Å². The zero-order valence-corrected chi connectivity index (χ0v) is 16.0. The van der Waals surface area contributed by atoms with Gasteiger partial charge in [-0.25, -0.2) is 4.79 Å². The molecule has 138 valence electrons. The molecule has 4 rings (SSSR count). The van der Waals surface area contributed by atoms with Gasteiger partial charge in [-0.3, -0.25) is 18.8 Å². The Kier molecular flexibility index (Phi) is 4.68. The summed E-state index contributed by atoms with van der Waals surface area (Å²) in [4.78, 5) is 29.6. The first-order valence-electron chi connectivity index (χ1n) is 9.05. The highest BCUT2D eigenvalue weighted by atomic mass is 32.1. The lowest BCUT2D eigenvalue weighted by molar-refractivity contribution is 0.249. The lowest BCUT2D eigenvalue weighted by Gasteiger charge is -2.26. The average molecular weight is 380 g/mol. The molecule has 7 heteroatoms. The lowest BCUT2D eigenvalue weighted by atomic mass is 10.0. The Morgan fingerprint density at radius 2 is 1.96 bits per heavy atom. The quantitative estimate of drug-likeness (QED) is 0.696. The molecule has 6 nitrogen and oxygen atoms in total. The zero-order valence-electron chi connectivity index (χ0n) is 15.1. The van der Waals surface area contributed by atoms with Crippen molar-refractivity contribution in [2.45, 2.75) is 39.5 Å². The Balaban J connectivity index is 1.79. The minimum atomic E-state index is -0.392. The van der Waals surface area contributed by atoms with E-state index in [4.69, 9.17) is 5.26 Å². The molecule has 1 aliphatic rings. The van der Waals surface area contributed by atoms with E-state index in [1.807, 2.05) is 18.2 Å². The number of aromatic nitrogens is 2. The number of rotatable bonds is 4. The van der Waals surface area contributed by atoms with Crippen LogP contribution in [0.5, 0.6) is 0 Å². The summed E-state index contributed by atoms with van der Waals surface area (Å²) in [5.41, 5.74) is 1.70. The summed E-state index contributed by atoms with van der Waals surface area (Å²) in [6, 6.07) is 12.4. The molecule has 0 atom stereocenters. The van der Waals surface area contributed by atoms with E-state index in [9.17, 15) is 9.59 Å². The second kappa shape index (κ2) is 7.14. The molecule has 0 spiro atoms. The van der Waals surface area contributed by atoms with E-state index >= 15 is 0 Å². The Bertz CT molecular complexity index is 1150. The van der Waals surface area contributed by atoms with Crippen molar-refractivity contribution >= 4 is 21.6 Å². The third-order valence-electron chi connectivity index (χ3n) is 5.08. The van der Waals surface area contributed by atoms with Crippen molar-refractivity contribution in [2.75, 3.05) is 6.54 Å². The molecule has 27 heavy (non-hydrogen) atoms. The summed E-state index contributed by atoms with van der Waals surface area (Å²) < 4.78 is 2.69. The molecule has 0 amide bonds. The minimum Gasteiger partial charge on any atom is -0.294 e. The van der Waals surface area contributed by atoms with Crippen LogP contribution in [0.3, 0.4) is 0 Å². The van der Waals surface area contributed by atoms with Gasteiger partial charge in [0.1, 0.15) is 11.4 Å². The van der Waals surface area contributed by atoms with E-state index in [0.717, 1.165) is 36.5 Å².